The highest BCUT2D eigenvalue weighted by molar-refractivity contribution is 6.04. The van der Waals surface area contributed by atoms with Gasteiger partial charge in [0, 0.05) is 30.4 Å². The van der Waals surface area contributed by atoms with Crippen molar-refractivity contribution in [1.82, 2.24) is 5.32 Å². The van der Waals surface area contributed by atoms with Crippen molar-refractivity contribution in [3.8, 4) is 5.75 Å². The zero-order valence-corrected chi connectivity index (χ0v) is 14.8. The molecule has 0 aliphatic rings. The van der Waals surface area contributed by atoms with Crippen LogP contribution in [0.25, 0.3) is 0 Å². The van der Waals surface area contributed by atoms with Gasteiger partial charge in [0.2, 0.25) is 0 Å². The molecule has 134 valence electrons. The average molecular weight is 342 g/mol. The average Bonchev–Trinajstić information content (AvgIpc) is 2.65. The Morgan fingerprint density at radius 1 is 1.20 bits per heavy atom. The van der Waals surface area contributed by atoms with Crippen molar-refractivity contribution in [2.45, 2.75) is 32.4 Å². The minimum Gasteiger partial charge on any atom is -0.497 e. The van der Waals surface area contributed by atoms with Crippen LogP contribution >= 0.6 is 0 Å². The van der Waals surface area contributed by atoms with E-state index in [-0.39, 0.29) is 12.5 Å². The van der Waals surface area contributed by atoms with Crippen LogP contribution in [0.1, 0.15) is 35.7 Å². The molecule has 3 N–H and O–H groups in total. The van der Waals surface area contributed by atoms with Gasteiger partial charge < -0.3 is 20.5 Å². The Bertz CT molecular complexity index is 671. The molecule has 1 atom stereocenters. The first-order valence-electron chi connectivity index (χ1n) is 8.51. The summed E-state index contributed by atoms with van der Waals surface area (Å²) in [7, 11) is 1.60. The van der Waals surface area contributed by atoms with Crippen LogP contribution in [0.5, 0.6) is 5.75 Å². The molecule has 0 spiro atoms. The molecule has 5 nitrogen and oxygen atoms in total. The third-order valence-electron chi connectivity index (χ3n) is 3.99. The Kier molecular flexibility index (Phi) is 7.44. The molecule has 5 heteroatoms. The maximum atomic E-state index is 12.3. The number of hydrogen-bond donors (Lipinski definition) is 3. The highest BCUT2D eigenvalue weighted by Crippen LogP contribution is 2.15. The van der Waals surface area contributed by atoms with E-state index in [9.17, 15) is 4.79 Å². The molecule has 0 saturated heterocycles. The van der Waals surface area contributed by atoms with Gasteiger partial charge >= 0.3 is 0 Å². The Hall–Kier alpha value is -2.37. The van der Waals surface area contributed by atoms with Crippen molar-refractivity contribution < 1.29 is 14.6 Å². The van der Waals surface area contributed by atoms with Crippen LogP contribution in [0.4, 0.5) is 5.69 Å². The molecule has 0 heterocycles. The number of aliphatic hydroxyl groups is 1. The molecule has 1 amide bonds. The molecule has 2 rings (SSSR count). The number of rotatable bonds is 9. The summed E-state index contributed by atoms with van der Waals surface area (Å²) in [6.45, 7) is 3.04. The van der Waals surface area contributed by atoms with Crippen LogP contribution in [0.2, 0.25) is 0 Å². The Morgan fingerprint density at radius 3 is 2.64 bits per heavy atom. The summed E-state index contributed by atoms with van der Waals surface area (Å²) in [4.78, 5) is 12.3. The van der Waals surface area contributed by atoms with Crippen LogP contribution in [0.3, 0.4) is 0 Å². The molecule has 0 aromatic heterocycles. The van der Waals surface area contributed by atoms with Gasteiger partial charge in [0.05, 0.1) is 7.11 Å². The molecule has 1 unspecified atom stereocenters. The second kappa shape index (κ2) is 9.81. The summed E-state index contributed by atoms with van der Waals surface area (Å²) in [5.74, 6) is 0.573. The van der Waals surface area contributed by atoms with Crippen molar-refractivity contribution in [2.24, 2.45) is 0 Å². The first kappa shape index (κ1) is 19.0. The van der Waals surface area contributed by atoms with Gasteiger partial charge in [0.1, 0.15) is 5.75 Å². The van der Waals surface area contributed by atoms with E-state index in [1.165, 1.54) is 0 Å². The van der Waals surface area contributed by atoms with E-state index in [1.807, 2.05) is 24.3 Å². The summed E-state index contributed by atoms with van der Waals surface area (Å²) in [5.41, 5.74) is 2.45. The Labute approximate surface area is 149 Å². The fraction of sp³-hybridized carbons (Fsp3) is 0.350. The van der Waals surface area contributed by atoms with Gasteiger partial charge in [-0.25, -0.2) is 0 Å². The number of methoxy groups -OCH3 is 1. The largest absolute Gasteiger partial charge is 0.497 e. The molecule has 2 aromatic rings. The summed E-state index contributed by atoms with van der Waals surface area (Å²) >= 11 is 0. The number of carbonyl (C=O) groups is 1. The van der Waals surface area contributed by atoms with Crippen molar-refractivity contribution in [3.63, 3.8) is 0 Å². The molecular formula is C20H26N2O3. The number of aliphatic hydroxyl groups excluding tert-OH is 1. The molecule has 0 saturated carbocycles. The summed E-state index contributed by atoms with van der Waals surface area (Å²) < 4.78 is 5.10. The third-order valence-corrected chi connectivity index (χ3v) is 3.99. The summed E-state index contributed by atoms with van der Waals surface area (Å²) in [5, 5.41) is 15.2. The van der Waals surface area contributed by atoms with E-state index in [4.69, 9.17) is 9.84 Å². The predicted octanol–water partition coefficient (Wildman–Crippen LogP) is 3.20. The predicted molar refractivity (Wildman–Crippen MR) is 100 cm³/mol. The van der Waals surface area contributed by atoms with Crippen LogP contribution in [0, 0.1) is 0 Å². The molecule has 0 fully saturated rings. The molecular weight excluding hydrogens is 316 g/mol. The monoisotopic (exact) mass is 342 g/mol. The van der Waals surface area contributed by atoms with Crippen molar-refractivity contribution in [3.05, 3.63) is 59.7 Å². The van der Waals surface area contributed by atoms with Gasteiger partial charge in [-0.15, -0.1) is 0 Å². The van der Waals surface area contributed by atoms with Gasteiger partial charge in [-0.05, 0) is 61.7 Å². The van der Waals surface area contributed by atoms with Crippen molar-refractivity contribution in [1.29, 1.82) is 0 Å². The van der Waals surface area contributed by atoms with E-state index in [0.717, 1.165) is 36.4 Å². The fourth-order valence-electron chi connectivity index (χ4n) is 2.50. The fourth-order valence-corrected chi connectivity index (χ4v) is 2.50. The lowest BCUT2D eigenvalue weighted by Crippen LogP contribution is -2.25. The zero-order valence-electron chi connectivity index (χ0n) is 14.8. The van der Waals surface area contributed by atoms with E-state index in [0.29, 0.717) is 11.6 Å². The van der Waals surface area contributed by atoms with Gasteiger partial charge in [0.25, 0.3) is 5.91 Å². The molecule has 2 aromatic carbocycles. The summed E-state index contributed by atoms with van der Waals surface area (Å²) in [6.07, 6.45) is 1.73. The van der Waals surface area contributed by atoms with E-state index < -0.39 is 0 Å². The maximum absolute atomic E-state index is 12.3. The first-order valence-corrected chi connectivity index (χ1v) is 8.51. The van der Waals surface area contributed by atoms with E-state index in [2.05, 4.69) is 17.6 Å². The minimum atomic E-state index is -0.149. The van der Waals surface area contributed by atoms with E-state index >= 15 is 0 Å². The van der Waals surface area contributed by atoms with E-state index in [1.54, 1.807) is 31.4 Å². The number of carbonyl (C=O) groups excluding carboxylic acids is 1. The highest BCUT2D eigenvalue weighted by atomic mass is 16.5. The van der Waals surface area contributed by atoms with Crippen LogP contribution in [-0.2, 0) is 6.54 Å². The van der Waals surface area contributed by atoms with Crippen LogP contribution < -0.4 is 15.4 Å². The molecule has 0 aliphatic heterocycles. The van der Waals surface area contributed by atoms with Crippen molar-refractivity contribution in [2.75, 3.05) is 19.0 Å². The normalized spacial score (nSPS) is 11.8. The maximum Gasteiger partial charge on any atom is 0.255 e. The topological polar surface area (TPSA) is 70.6 Å². The smallest absolute Gasteiger partial charge is 0.255 e. The number of nitrogens with one attached hydrogen (secondary N) is 2. The highest BCUT2D eigenvalue weighted by Gasteiger charge is 2.07. The lowest BCUT2D eigenvalue weighted by molar-refractivity contribution is 0.102. The minimum absolute atomic E-state index is 0.149. The second-order valence-electron chi connectivity index (χ2n) is 6.03. The number of ether oxygens (including phenoxy) is 1. The third kappa shape index (κ3) is 6.21. The van der Waals surface area contributed by atoms with Crippen LogP contribution in [0.15, 0.2) is 48.5 Å². The number of benzene rings is 2. The SMILES string of the molecule is COc1ccc(C(=O)Nc2cccc(CNC(C)CCCO)c2)cc1. The molecule has 0 aliphatic carbocycles. The van der Waals surface area contributed by atoms with Gasteiger partial charge in [0.15, 0.2) is 0 Å². The number of anilines is 1. The zero-order chi connectivity index (χ0) is 18.1. The van der Waals surface area contributed by atoms with Gasteiger partial charge in [-0.1, -0.05) is 12.1 Å². The summed E-state index contributed by atoms with van der Waals surface area (Å²) in [6, 6.07) is 15.1. The van der Waals surface area contributed by atoms with Crippen LogP contribution in [-0.4, -0.2) is 30.8 Å². The lowest BCUT2D eigenvalue weighted by Gasteiger charge is -2.14. The molecule has 25 heavy (non-hydrogen) atoms. The molecule has 0 bridgehead atoms. The number of amides is 1. The van der Waals surface area contributed by atoms with Gasteiger partial charge in [-0.2, -0.15) is 0 Å². The number of hydrogen-bond acceptors (Lipinski definition) is 4. The Morgan fingerprint density at radius 2 is 1.96 bits per heavy atom. The Balaban J connectivity index is 1.92. The second-order valence-corrected chi connectivity index (χ2v) is 6.03. The molecule has 0 radical (unpaired) electrons. The lowest BCUT2D eigenvalue weighted by atomic mass is 10.1. The standard InChI is InChI=1S/C20H26N2O3/c1-15(5-4-12-23)21-14-16-6-3-7-18(13-16)22-20(24)17-8-10-19(25-2)11-9-17/h3,6-11,13,15,21,23H,4-5,12,14H2,1-2H3,(H,22,24). The van der Waals surface area contributed by atoms with Crippen molar-refractivity contribution >= 4 is 11.6 Å². The first-order chi connectivity index (χ1) is 12.1. The quantitative estimate of drug-likeness (QED) is 0.654. The van der Waals surface area contributed by atoms with Gasteiger partial charge in [-0.3, -0.25) is 4.79 Å².